The Morgan fingerprint density at radius 2 is 1.81 bits per heavy atom. The van der Waals surface area contributed by atoms with Gasteiger partial charge in [-0.15, -0.1) is 0 Å². The van der Waals surface area contributed by atoms with E-state index >= 15 is 0 Å². The minimum absolute atomic E-state index is 0.0108. The molecule has 2 saturated carbocycles. The van der Waals surface area contributed by atoms with Crippen molar-refractivity contribution in [2.24, 2.45) is 17.8 Å². The second kappa shape index (κ2) is 12.5. The van der Waals surface area contributed by atoms with Crippen LogP contribution in [0.25, 0.3) is 0 Å². The minimum atomic E-state index is -0.0108. The van der Waals surface area contributed by atoms with Gasteiger partial charge in [0.1, 0.15) is 6.61 Å². The first kappa shape index (κ1) is 24.1. The molecule has 3 rings (SSSR count). The number of hydrogen-bond donors (Lipinski definition) is 0. The molecular weight excluding hydrogens is 380 g/mol. The highest BCUT2D eigenvalue weighted by Gasteiger charge is 2.36. The number of carbonyl (C=O) groups is 1. The summed E-state index contributed by atoms with van der Waals surface area (Å²) in [7, 11) is 0. The summed E-state index contributed by atoms with van der Waals surface area (Å²) in [5.41, 5.74) is 5.83. The van der Waals surface area contributed by atoms with Crippen LogP contribution in [0.5, 0.6) is 0 Å². The highest BCUT2D eigenvalue weighted by Crippen LogP contribution is 2.50. The zero-order valence-corrected chi connectivity index (χ0v) is 20.3. The Balaban J connectivity index is 1.53. The van der Waals surface area contributed by atoms with Gasteiger partial charge in [-0.1, -0.05) is 80.5 Å². The maximum absolute atomic E-state index is 12.8. The largest absolute Gasteiger partial charge is 0.461 e. The molecule has 2 aliphatic carbocycles. The Kier molecular flexibility index (Phi) is 9.68. The van der Waals surface area contributed by atoms with E-state index in [1.54, 1.807) is 11.1 Å². The normalized spacial score (nSPS) is 22.5. The molecule has 2 aliphatic rings. The van der Waals surface area contributed by atoms with Gasteiger partial charge in [0.15, 0.2) is 0 Å². The van der Waals surface area contributed by atoms with Gasteiger partial charge < -0.3 is 4.74 Å². The number of rotatable bonds is 13. The van der Waals surface area contributed by atoms with E-state index in [1.165, 1.54) is 69.8 Å². The van der Waals surface area contributed by atoms with Gasteiger partial charge in [-0.2, -0.15) is 0 Å². The molecule has 1 aromatic rings. The molecule has 0 aliphatic heterocycles. The monoisotopic (exact) mass is 424 g/mol. The van der Waals surface area contributed by atoms with Crippen molar-refractivity contribution in [3.8, 4) is 0 Å². The molecule has 2 fully saturated rings. The van der Waals surface area contributed by atoms with E-state index in [0.29, 0.717) is 6.61 Å². The highest BCUT2D eigenvalue weighted by molar-refractivity contribution is 5.72. The zero-order chi connectivity index (χ0) is 22.1. The molecule has 172 valence electrons. The Labute approximate surface area is 190 Å². The van der Waals surface area contributed by atoms with Gasteiger partial charge in [0.25, 0.3) is 0 Å². The number of unbranched alkanes of at least 4 members (excludes halogenated alkanes) is 4. The van der Waals surface area contributed by atoms with Gasteiger partial charge in [-0.3, -0.25) is 4.79 Å². The van der Waals surface area contributed by atoms with Gasteiger partial charge in [-0.05, 0) is 82.1 Å². The topological polar surface area (TPSA) is 26.3 Å². The number of ether oxygens (including phenoxy) is 1. The number of aryl methyl sites for hydroxylation is 1. The molecule has 0 radical (unpaired) electrons. The summed E-state index contributed by atoms with van der Waals surface area (Å²) in [5, 5.41) is 0. The maximum atomic E-state index is 12.8. The highest BCUT2D eigenvalue weighted by atomic mass is 16.5. The number of carbonyl (C=O) groups excluding carboxylic acids is 1. The van der Waals surface area contributed by atoms with E-state index in [1.807, 2.05) is 0 Å². The van der Waals surface area contributed by atoms with Crippen molar-refractivity contribution in [3.05, 3.63) is 46.5 Å². The quantitative estimate of drug-likeness (QED) is 0.181. The van der Waals surface area contributed by atoms with E-state index in [2.05, 4.69) is 45.0 Å². The van der Waals surface area contributed by atoms with Crippen molar-refractivity contribution in [2.45, 2.75) is 111 Å². The fourth-order valence-electron chi connectivity index (χ4n) is 5.67. The third kappa shape index (κ3) is 7.22. The van der Waals surface area contributed by atoms with Crippen molar-refractivity contribution >= 4 is 5.97 Å². The second-order valence-electron chi connectivity index (χ2n) is 10.1. The molecule has 0 aromatic heterocycles. The predicted octanol–water partition coefficient (Wildman–Crippen LogP) is 8.32. The minimum Gasteiger partial charge on any atom is -0.461 e. The summed E-state index contributed by atoms with van der Waals surface area (Å²) in [5.74, 6) is 1.84. The lowest BCUT2D eigenvalue weighted by atomic mass is 9.85. The number of benzene rings is 1. The van der Waals surface area contributed by atoms with Gasteiger partial charge in [0, 0.05) is 0 Å². The average molecular weight is 425 g/mol. The van der Waals surface area contributed by atoms with Crippen LogP contribution in [0.4, 0.5) is 0 Å². The summed E-state index contributed by atoms with van der Waals surface area (Å²) in [4.78, 5) is 12.8. The predicted molar refractivity (Wildman–Crippen MR) is 130 cm³/mol. The molecule has 0 heterocycles. The molecule has 0 amide bonds. The van der Waals surface area contributed by atoms with E-state index < -0.39 is 0 Å². The fourth-order valence-corrected chi connectivity index (χ4v) is 5.67. The van der Waals surface area contributed by atoms with Gasteiger partial charge >= 0.3 is 5.97 Å². The summed E-state index contributed by atoms with van der Waals surface area (Å²) in [6.45, 7) is 6.89. The van der Waals surface area contributed by atoms with Crippen LogP contribution in [-0.4, -0.2) is 5.97 Å². The van der Waals surface area contributed by atoms with Crippen LogP contribution in [0, 0.1) is 24.7 Å². The molecule has 1 aromatic carbocycles. The molecule has 0 spiro atoms. The number of allylic oxidation sites excluding steroid dienone is 2. The molecule has 0 saturated heterocycles. The standard InChI is InChI=1S/C29H44O2/c1-4-6-7-8-9-10-26(28-20-24-15-16-27(28)19-24)18-17-25(5-2)29(30)31-21-23-13-11-22(3)12-14-23/h11-14,24-25,27H,4-10,15-21H2,1-3H3. The van der Waals surface area contributed by atoms with Crippen LogP contribution in [0.3, 0.4) is 0 Å². The number of fused-ring (bicyclic) bond motifs is 2. The molecular formula is C29H44O2. The lowest BCUT2D eigenvalue weighted by Crippen LogP contribution is -2.17. The Hall–Kier alpha value is -1.57. The molecule has 2 nitrogen and oxygen atoms in total. The van der Waals surface area contributed by atoms with Crippen molar-refractivity contribution in [1.82, 2.24) is 0 Å². The van der Waals surface area contributed by atoms with Crippen LogP contribution in [-0.2, 0) is 16.1 Å². The van der Waals surface area contributed by atoms with Gasteiger partial charge in [0.2, 0.25) is 0 Å². The van der Waals surface area contributed by atoms with Crippen molar-refractivity contribution in [3.63, 3.8) is 0 Å². The first-order valence-corrected chi connectivity index (χ1v) is 13.0. The Morgan fingerprint density at radius 3 is 2.45 bits per heavy atom. The first-order chi connectivity index (χ1) is 15.1. The molecule has 31 heavy (non-hydrogen) atoms. The van der Waals surface area contributed by atoms with Gasteiger partial charge in [0.05, 0.1) is 5.92 Å². The van der Waals surface area contributed by atoms with E-state index in [4.69, 9.17) is 4.74 Å². The van der Waals surface area contributed by atoms with E-state index in [9.17, 15) is 4.79 Å². The van der Waals surface area contributed by atoms with Crippen LogP contribution in [0.15, 0.2) is 35.4 Å². The van der Waals surface area contributed by atoms with Crippen molar-refractivity contribution in [1.29, 1.82) is 0 Å². The summed E-state index contributed by atoms with van der Waals surface area (Å²) >= 11 is 0. The van der Waals surface area contributed by atoms with Crippen LogP contribution >= 0.6 is 0 Å². The first-order valence-electron chi connectivity index (χ1n) is 13.0. The summed E-state index contributed by atoms with van der Waals surface area (Å²) in [6.07, 6.45) is 16.5. The van der Waals surface area contributed by atoms with Crippen LogP contribution in [0.2, 0.25) is 0 Å². The Bertz CT molecular complexity index is 715. The van der Waals surface area contributed by atoms with E-state index in [0.717, 1.165) is 36.7 Å². The Morgan fingerprint density at radius 1 is 1.03 bits per heavy atom. The smallest absolute Gasteiger partial charge is 0.309 e. The summed E-state index contributed by atoms with van der Waals surface area (Å²) in [6, 6.07) is 8.27. The van der Waals surface area contributed by atoms with Crippen LogP contribution < -0.4 is 0 Å². The lowest BCUT2D eigenvalue weighted by molar-refractivity contribution is -0.150. The molecule has 2 bridgehead atoms. The summed E-state index contributed by atoms with van der Waals surface area (Å²) < 4.78 is 5.70. The van der Waals surface area contributed by atoms with Gasteiger partial charge in [-0.25, -0.2) is 0 Å². The third-order valence-electron chi connectivity index (χ3n) is 7.70. The zero-order valence-electron chi connectivity index (χ0n) is 20.3. The maximum Gasteiger partial charge on any atom is 0.309 e. The third-order valence-corrected chi connectivity index (χ3v) is 7.70. The second-order valence-corrected chi connectivity index (χ2v) is 10.1. The molecule has 2 heteroatoms. The fraction of sp³-hybridized carbons (Fsp3) is 0.690. The molecule has 3 atom stereocenters. The van der Waals surface area contributed by atoms with Crippen molar-refractivity contribution < 1.29 is 9.53 Å². The lowest BCUT2D eigenvalue weighted by Gasteiger charge is -2.21. The van der Waals surface area contributed by atoms with Crippen LogP contribution in [0.1, 0.15) is 108 Å². The SMILES string of the molecule is CCCCCCCC(CCC(CC)C(=O)OCc1ccc(C)cc1)=C1CC2CCC1C2. The molecule has 3 unspecified atom stereocenters. The van der Waals surface area contributed by atoms with Crippen molar-refractivity contribution in [2.75, 3.05) is 0 Å². The number of hydrogen-bond acceptors (Lipinski definition) is 2. The molecule has 0 N–H and O–H groups in total. The number of esters is 1. The van der Waals surface area contributed by atoms with E-state index in [-0.39, 0.29) is 11.9 Å². The average Bonchev–Trinajstić information content (AvgIpc) is 3.41.